The summed E-state index contributed by atoms with van der Waals surface area (Å²) in [6, 6.07) is 2.71. The fourth-order valence-corrected chi connectivity index (χ4v) is 5.23. The summed E-state index contributed by atoms with van der Waals surface area (Å²) in [5.74, 6) is 0.563. The molecule has 0 saturated heterocycles. The van der Waals surface area contributed by atoms with Gasteiger partial charge in [0, 0.05) is 6.04 Å². The van der Waals surface area contributed by atoms with Crippen molar-refractivity contribution in [2.24, 2.45) is 5.41 Å². The van der Waals surface area contributed by atoms with E-state index in [0.717, 1.165) is 15.2 Å². The molecule has 19 heavy (non-hydrogen) atoms. The Hall–Kier alpha value is 0.240. The van der Waals surface area contributed by atoms with Crippen molar-refractivity contribution in [2.45, 2.75) is 58.4 Å². The average Bonchev–Trinajstić information content (AvgIpc) is 2.69. The third kappa shape index (κ3) is 2.70. The summed E-state index contributed by atoms with van der Waals surface area (Å²) >= 11 is 14.0. The topological polar surface area (TPSA) is 12.0 Å². The van der Waals surface area contributed by atoms with E-state index in [1.165, 1.54) is 42.6 Å². The van der Waals surface area contributed by atoms with Crippen LogP contribution in [0.15, 0.2) is 6.07 Å². The zero-order valence-electron chi connectivity index (χ0n) is 11.9. The largest absolute Gasteiger partial charge is 0.313 e. The van der Waals surface area contributed by atoms with Gasteiger partial charge in [-0.05, 0) is 55.2 Å². The Labute approximate surface area is 130 Å². The number of thiophene rings is 1. The first kappa shape index (κ1) is 15.6. The van der Waals surface area contributed by atoms with E-state index in [4.69, 9.17) is 23.2 Å². The van der Waals surface area contributed by atoms with Gasteiger partial charge in [0.2, 0.25) is 0 Å². The molecular formula is C15H23Cl2NS. The van der Waals surface area contributed by atoms with Crippen LogP contribution in [0.25, 0.3) is 0 Å². The van der Waals surface area contributed by atoms with E-state index < -0.39 is 0 Å². The Bertz CT molecular complexity index is 426. The Morgan fingerprint density at radius 1 is 1.32 bits per heavy atom. The van der Waals surface area contributed by atoms with Crippen LogP contribution in [0.3, 0.4) is 0 Å². The zero-order chi connectivity index (χ0) is 14.0. The average molecular weight is 320 g/mol. The van der Waals surface area contributed by atoms with Crippen LogP contribution in [-0.4, -0.2) is 12.6 Å². The Morgan fingerprint density at radius 3 is 2.47 bits per heavy atom. The molecule has 2 atom stereocenters. The van der Waals surface area contributed by atoms with E-state index in [9.17, 15) is 0 Å². The van der Waals surface area contributed by atoms with Gasteiger partial charge in [-0.1, -0.05) is 44.0 Å². The maximum Gasteiger partial charge on any atom is 0.0979 e. The minimum Gasteiger partial charge on any atom is -0.313 e. The van der Waals surface area contributed by atoms with E-state index in [1.807, 2.05) is 0 Å². The molecule has 1 fully saturated rings. The molecule has 0 spiro atoms. The molecule has 1 aromatic heterocycles. The fourth-order valence-electron chi connectivity index (χ4n) is 3.66. The van der Waals surface area contributed by atoms with E-state index in [-0.39, 0.29) is 0 Å². The molecule has 1 aliphatic carbocycles. The summed E-state index contributed by atoms with van der Waals surface area (Å²) in [6.45, 7) is 7.94. The minimum atomic E-state index is 0.350. The third-order valence-corrected chi connectivity index (χ3v) is 6.39. The summed E-state index contributed by atoms with van der Waals surface area (Å²) in [7, 11) is 0. The minimum absolute atomic E-state index is 0.350. The molecule has 2 unspecified atom stereocenters. The van der Waals surface area contributed by atoms with E-state index in [0.29, 0.717) is 17.4 Å². The van der Waals surface area contributed by atoms with Crippen LogP contribution < -0.4 is 5.32 Å². The van der Waals surface area contributed by atoms with Crippen molar-refractivity contribution < 1.29 is 0 Å². The molecule has 1 heterocycles. The molecule has 4 heteroatoms. The monoisotopic (exact) mass is 319 g/mol. The van der Waals surface area contributed by atoms with Crippen molar-refractivity contribution in [3.05, 3.63) is 20.3 Å². The lowest BCUT2D eigenvalue weighted by Crippen LogP contribution is -2.58. The fraction of sp³-hybridized carbons (Fsp3) is 0.733. The summed E-state index contributed by atoms with van der Waals surface area (Å²) in [5, 5.41) is 3.71. The van der Waals surface area contributed by atoms with Gasteiger partial charge in [-0.15, -0.1) is 11.3 Å². The summed E-state index contributed by atoms with van der Waals surface area (Å²) in [4.78, 5) is 0. The molecule has 1 N–H and O–H groups in total. The summed E-state index contributed by atoms with van der Waals surface area (Å²) in [6.07, 6.45) is 4.77. The van der Waals surface area contributed by atoms with E-state index in [2.05, 4.69) is 32.2 Å². The van der Waals surface area contributed by atoms with Gasteiger partial charge in [0.15, 0.2) is 0 Å². The lowest BCUT2D eigenvalue weighted by atomic mass is 9.52. The highest BCUT2D eigenvalue weighted by Gasteiger charge is 2.53. The quantitative estimate of drug-likeness (QED) is 0.707. The lowest BCUT2D eigenvalue weighted by Gasteiger charge is -2.56. The highest BCUT2D eigenvalue weighted by molar-refractivity contribution is 7.20. The molecule has 0 amide bonds. The molecule has 0 aliphatic heterocycles. The maximum absolute atomic E-state index is 6.36. The summed E-state index contributed by atoms with van der Waals surface area (Å²) in [5.41, 5.74) is 1.62. The van der Waals surface area contributed by atoms with Crippen molar-refractivity contribution in [1.29, 1.82) is 0 Å². The number of halogens is 2. The molecule has 0 aromatic carbocycles. The molecule has 2 rings (SSSR count). The normalized spacial score (nSPS) is 25.3. The summed E-state index contributed by atoms with van der Waals surface area (Å²) < 4.78 is 1.70. The zero-order valence-corrected chi connectivity index (χ0v) is 14.3. The van der Waals surface area contributed by atoms with E-state index in [1.54, 1.807) is 0 Å². The van der Waals surface area contributed by atoms with Gasteiger partial charge >= 0.3 is 0 Å². The Morgan fingerprint density at radius 2 is 2.00 bits per heavy atom. The van der Waals surface area contributed by atoms with Crippen molar-refractivity contribution >= 4 is 34.5 Å². The second-order valence-corrected chi connectivity index (χ2v) is 7.80. The number of nitrogens with one attached hydrogen (secondary N) is 1. The van der Waals surface area contributed by atoms with Crippen LogP contribution in [0.1, 0.15) is 57.9 Å². The van der Waals surface area contributed by atoms with Crippen LogP contribution >= 0.6 is 34.5 Å². The van der Waals surface area contributed by atoms with Gasteiger partial charge in [-0.2, -0.15) is 0 Å². The molecule has 1 aromatic rings. The van der Waals surface area contributed by atoms with Crippen LogP contribution in [0, 0.1) is 5.41 Å². The van der Waals surface area contributed by atoms with Gasteiger partial charge in [0.1, 0.15) is 0 Å². The second kappa shape index (κ2) is 6.34. The lowest BCUT2D eigenvalue weighted by molar-refractivity contribution is 0.0204. The predicted molar refractivity (Wildman–Crippen MR) is 86.8 cm³/mol. The predicted octanol–water partition coefficient (Wildman–Crippen LogP) is 5.72. The Kier molecular flexibility index (Phi) is 5.21. The van der Waals surface area contributed by atoms with Crippen LogP contribution in [0.4, 0.5) is 0 Å². The van der Waals surface area contributed by atoms with Gasteiger partial charge in [-0.3, -0.25) is 0 Å². The first-order valence-corrected chi connectivity index (χ1v) is 8.84. The molecular weight excluding hydrogens is 297 g/mol. The van der Waals surface area contributed by atoms with Gasteiger partial charge < -0.3 is 5.32 Å². The van der Waals surface area contributed by atoms with Crippen molar-refractivity contribution in [3.8, 4) is 0 Å². The first-order chi connectivity index (χ1) is 9.08. The van der Waals surface area contributed by atoms with E-state index >= 15 is 0 Å². The number of rotatable bonds is 6. The standard InChI is InChI=1S/C15H23Cl2NS/c1-4-7-18-12-9-11(15(12,5-2)6-3)10-8-13(16)19-14(10)17/h8,11-12,18H,4-7,9H2,1-3H3. The molecule has 108 valence electrons. The SMILES string of the molecule is CCCNC1CC(c2cc(Cl)sc2Cl)C1(CC)CC. The van der Waals surface area contributed by atoms with Crippen molar-refractivity contribution in [3.63, 3.8) is 0 Å². The van der Waals surface area contributed by atoms with Crippen LogP contribution in [0.2, 0.25) is 8.67 Å². The second-order valence-electron chi connectivity index (χ2n) is 5.51. The molecule has 1 aliphatic rings. The van der Waals surface area contributed by atoms with Gasteiger partial charge in [0.05, 0.1) is 8.67 Å². The Balaban J connectivity index is 2.21. The highest BCUT2D eigenvalue weighted by atomic mass is 35.5. The number of hydrogen-bond acceptors (Lipinski definition) is 2. The van der Waals surface area contributed by atoms with Crippen LogP contribution in [0.5, 0.6) is 0 Å². The highest BCUT2D eigenvalue weighted by Crippen LogP contribution is 2.59. The smallest absolute Gasteiger partial charge is 0.0979 e. The molecule has 1 nitrogen and oxygen atoms in total. The van der Waals surface area contributed by atoms with Gasteiger partial charge in [0.25, 0.3) is 0 Å². The first-order valence-electron chi connectivity index (χ1n) is 7.27. The van der Waals surface area contributed by atoms with Gasteiger partial charge in [-0.25, -0.2) is 0 Å². The molecule has 1 saturated carbocycles. The van der Waals surface area contributed by atoms with Crippen LogP contribution in [-0.2, 0) is 0 Å². The molecule has 0 radical (unpaired) electrons. The number of hydrogen-bond donors (Lipinski definition) is 1. The third-order valence-electron chi connectivity index (χ3n) is 4.88. The molecule has 0 bridgehead atoms. The van der Waals surface area contributed by atoms with Crippen molar-refractivity contribution in [1.82, 2.24) is 5.32 Å². The van der Waals surface area contributed by atoms with Crippen molar-refractivity contribution in [2.75, 3.05) is 6.54 Å². The maximum atomic E-state index is 6.36.